The maximum Gasteiger partial charge on any atom is 0.220 e. The number of carbonyl (C=O) groups excluding carboxylic acids is 1. The SMILES string of the molecule is CCc1nsc(N2CCC(N3CCC4(CC3)C[C@H](N(CCOC)C(C)=O)c3ccccc34)CC2)n1.[HH]. The minimum absolute atomic E-state index is 0. The number of anilines is 1. The molecule has 5 rings (SSSR count). The first-order chi connectivity index (χ1) is 17.0. The van der Waals surface area contributed by atoms with E-state index in [2.05, 4.69) is 45.4 Å². The van der Waals surface area contributed by atoms with E-state index in [0.29, 0.717) is 19.2 Å². The number of carbonyl (C=O) groups is 1. The second kappa shape index (κ2) is 10.5. The zero-order chi connectivity index (χ0) is 24.4. The van der Waals surface area contributed by atoms with Crippen LogP contribution in [0.2, 0.25) is 0 Å². The lowest BCUT2D eigenvalue weighted by atomic mass is 9.73. The Bertz CT molecular complexity index is 1020. The molecule has 192 valence electrons. The molecule has 0 saturated carbocycles. The number of hydrogen-bond acceptors (Lipinski definition) is 7. The Balaban J connectivity index is 0.00000304. The summed E-state index contributed by atoms with van der Waals surface area (Å²) in [5, 5.41) is 1.09. The fourth-order valence-electron chi connectivity index (χ4n) is 6.59. The highest BCUT2D eigenvalue weighted by Gasteiger charge is 2.48. The number of nitrogens with zero attached hydrogens (tertiary/aromatic N) is 5. The quantitative estimate of drug-likeness (QED) is 0.566. The minimum Gasteiger partial charge on any atom is -0.383 e. The molecule has 0 N–H and O–H groups in total. The molecule has 35 heavy (non-hydrogen) atoms. The van der Waals surface area contributed by atoms with Gasteiger partial charge in [0, 0.05) is 64.5 Å². The van der Waals surface area contributed by atoms with Crippen molar-refractivity contribution in [1.29, 1.82) is 0 Å². The third kappa shape index (κ3) is 4.85. The van der Waals surface area contributed by atoms with Crippen LogP contribution in [0.25, 0.3) is 0 Å². The van der Waals surface area contributed by atoms with E-state index in [-0.39, 0.29) is 18.8 Å². The van der Waals surface area contributed by atoms with Crippen molar-refractivity contribution in [1.82, 2.24) is 19.2 Å². The van der Waals surface area contributed by atoms with Crippen LogP contribution < -0.4 is 4.90 Å². The molecule has 1 atom stereocenters. The molecule has 1 aromatic heterocycles. The number of benzene rings is 1. The van der Waals surface area contributed by atoms with Crippen molar-refractivity contribution in [3.05, 3.63) is 41.2 Å². The van der Waals surface area contributed by atoms with Gasteiger partial charge in [0.05, 0.1) is 12.6 Å². The van der Waals surface area contributed by atoms with Gasteiger partial charge in [0.15, 0.2) is 0 Å². The summed E-state index contributed by atoms with van der Waals surface area (Å²) in [7, 11) is 1.71. The zero-order valence-corrected chi connectivity index (χ0v) is 22.2. The normalized spacial score (nSPS) is 22.5. The van der Waals surface area contributed by atoms with Gasteiger partial charge in [-0.15, -0.1) is 0 Å². The number of aryl methyl sites for hydroxylation is 1. The number of aromatic nitrogens is 2. The van der Waals surface area contributed by atoms with Crippen LogP contribution in [-0.2, 0) is 21.4 Å². The standard InChI is InChI=1S/C27H39N5O2S.H2/c1-4-25-28-26(35-29-25)31-13-9-21(10-14-31)30-15-11-27(12-16-30)19-24(22-7-5-6-8-23(22)27)32(20(2)33)17-18-34-3;/h5-8,21,24H,4,9-19H2,1-3H3;1H/t24-;/m0./s1. The van der Waals surface area contributed by atoms with E-state index in [1.54, 1.807) is 25.6 Å². The molecule has 2 saturated heterocycles. The highest BCUT2D eigenvalue weighted by Crippen LogP contribution is 2.53. The lowest BCUT2D eigenvalue weighted by Gasteiger charge is -2.45. The highest BCUT2D eigenvalue weighted by molar-refractivity contribution is 7.09. The molecule has 1 amide bonds. The van der Waals surface area contributed by atoms with Crippen LogP contribution in [0.3, 0.4) is 0 Å². The first kappa shape index (κ1) is 24.7. The predicted octanol–water partition coefficient (Wildman–Crippen LogP) is 4.29. The Kier molecular flexibility index (Phi) is 7.42. The Labute approximate surface area is 215 Å². The number of ether oxygens (including phenoxy) is 1. The number of fused-ring (bicyclic) bond motifs is 2. The topological polar surface area (TPSA) is 61.8 Å². The molecule has 0 unspecified atom stereocenters. The van der Waals surface area contributed by atoms with Gasteiger partial charge in [-0.3, -0.25) is 4.79 Å². The van der Waals surface area contributed by atoms with Crippen molar-refractivity contribution >= 4 is 22.6 Å². The molecule has 1 aromatic carbocycles. The number of rotatable bonds is 7. The number of methoxy groups -OCH3 is 1. The fourth-order valence-corrected chi connectivity index (χ4v) is 7.39. The third-order valence-electron chi connectivity index (χ3n) is 8.57. The van der Waals surface area contributed by atoms with Gasteiger partial charge in [-0.2, -0.15) is 4.37 Å². The van der Waals surface area contributed by atoms with Gasteiger partial charge >= 0.3 is 0 Å². The molecule has 3 aliphatic rings. The number of piperidine rings is 2. The van der Waals surface area contributed by atoms with E-state index in [0.717, 1.165) is 50.0 Å². The van der Waals surface area contributed by atoms with Gasteiger partial charge in [-0.1, -0.05) is 31.2 Å². The zero-order valence-electron chi connectivity index (χ0n) is 21.4. The summed E-state index contributed by atoms with van der Waals surface area (Å²) < 4.78 is 9.79. The van der Waals surface area contributed by atoms with Crippen LogP contribution in [0.15, 0.2) is 24.3 Å². The van der Waals surface area contributed by atoms with E-state index in [1.807, 2.05) is 4.90 Å². The lowest BCUT2D eigenvalue weighted by Crippen LogP contribution is -2.50. The van der Waals surface area contributed by atoms with E-state index >= 15 is 0 Å². The molecule has 7 nitrogen and oxygen atoms in total. The van der Waals surface area contributed by atoms with Gasteiger partial charge < -0.3 is 19.4 Å². The molecule has 3 heterocycles. The average Bonchev–Trinajstić information content (AvgIpc) is 3.49. The van der Waals surface area contributed by atoms with Crippen LogP contribution in [-0.4, -0.2) is 77.5 Å². The van der Waals surface area contributed by atoms with Gasteiger partial charge in [0.1, 0.15) is 5.82 Å². The van der Waals surface area contributed by atoms with Crippen LogP contribution in [0.1, 0.15) is 70.4 Å². The molecular weight excluding hydrogens is 458 g/mol. The summed E-state index contributed by atoms with van der Waals surface area (Å²) in [4.78, 5) is 24.5. The second-order valence-electron chi connectivity index (χ2n) is 10.4. The number of hydrogen-bond donors (Lipinski definition) is 0. The first-order valence-corrected chi connectivity index (χ1v) is 14.0. The van der Waals surface area contributed by atoms with E-state index in [1.165, 1.54) is 36.8 Å². The van der Waals surface area contributed by atoms with Crippen molar-refractivity contribution in [3.8, 4) is 0 Å². The predicted molar refractivity (Wildman–Crippen MR) is 142 cm³/mol. The van der Waals surface area contributed by atoms with Crippen molar-refractivity contribution in [2.75, 3.05) is 51.3 Å². The van der Waals surface area contributed by atoms with Gasteiger partial charge in [-0.05, 0) is 56.3 Å². The van der Waals surface area contributed by atoms with Crippen LogP contribution in [0, 0.1) is 0 Å². The Hall–Kier alpha value is -2.03. The maximum atomic E-state index is 12.6. The Morgan fingerprint density at radius 1 is 1.23 bits per heavy atom. The van der Waals surface area contributed by atoms with Gasteiger partial charge in [-0.25, -0.2) is 4.98 Å². The smallest absolute Gasteiger partial charge is 0.220 e. The maximum absolute atomic E-state index is 12.6. The lowest BCUT2D eigenvalue weighted by molar-refractivity contribution is -0.132. The van der Waals surface area contributed by atoms with Crippen LogP contribution in [0.5, 0.6) is 0 Å². The molecule has 2 aromatic rings. The molecule has 1 aliphatic carbocycles. The van der Waals surface area contributed by atoms with E-state index in [9.17, 15) is 4.79 Å². The van der Waals surface area contributed by atoms with Crippen molar-refractivity contribution < 1.29 is 11.0 Å². The Morgan fingerprint density at radius 2 is 1.97 bits per heavy atom. The van der Waals surface area contributed by atoms with Crippen LogP contribution in [0.4, 0.5) is 5.13 Å². The first-order valence-electron chi connectivity index (χ1n) is 13.2. The summed E-state index contributed by atoms with van der Waals surface area (Å²) >= 11 is 1.55. The van der Waals surface area contributed by atoms with Crippen LogP contribution >= 0.6 is 11.5 Å². The molecule has 0 radical (unpaired) electrons. The minimum atomic E-state index is 0. The molecule has 8 heteroatoms. The molecule has 2 fully saturated rings. The summed E-state index contributed by atoms with van der Waals surface area (Å²) in [5.41, 5.74) is 3.01. The number of amides is 1. The molecular formula is C27H41N5O2S. The average molecular weight is 500 g/mol. The fraction of sp³-hybridized carbons (Fsp3) is 0.667. The molecule has 1 spiro atoms. The monoisotopic (exact) mass is 499 g/mol. The Morgan fingerprint density at radius 3 is 2.63 bits per heavy atom. The molecule has 0 bridgehead atoms. The summed E-state index contributed by atoms with van der Waals surface area (Å²) in [6, 6.07) is 9.69. The van der Waals surface area contributed by atoms with Gasteiger partial charge in [0.25, 0.3) is 0 Å². The number of likely N-dealkylation sites (tertiary alicyclic amines) is 1. The van der Waals surface area contributed by atoms with E-state index in [4.69, 9.17) is 9.72 Å². The van der Waals surface area contributed by atoms with Gasteiger partial charge in [0.2, 0.25) is 11.0 Å². The third-order valence-corrected chi connectivity index (χ3v) is 9.39. The molecule has 2 aliphatic heterocycles. The summed E-state index contributed by atoms with van der Waals surface area (Å²) in [6.45, 7) is 9.47. The van der Waals surface area contributed by atoms with E-state index < -0.39 is 0 Å². The van der Waals surface area contributed by atoms with Crippen molar-refractivity contribution in [2.24, 2.45) is 0 Å². The highest BCUT2D eigenvalue weighted by atomic mass is 32.1. The second-order valence-corrected chi connectivity index (χ2v) is 11.1. The summed E-state index contributed by atoms with van der Waals surface area (Å²) in [5.74, 6) is 1.11. The van der Waals surface area contributed by atoms with Crippen molar-refractivity contribution in [2.45, 2.75) is 69.9 Å². The summed E-state index contributed by atoms with van der Waals surface area (Å²) in [6.07, 6.45) is 6.69. The largest absolute Gasteiger partial charge is 0.383 e. The van der Waals surface area contributed by atoms with Crippen molar-refractivity contribution in [3.63, 3.8) is 0 Å².